The van der Waals surface area contributed by atoms with Crippen LogP contribution < -0.4 is 0 Å². The number of rotatable bonds is 3. The van der Waals surface area contributed by atoms with Crippen LogP contribution in [0.25, 0.3) is 16.8 Å². The molecule has 1 aromatic carbocycles. The van der Waals surface area contributed by atoms with Crippen LogP contribution >= 0.6 is 11.8 Å². The predicted octanol–water partition coefficient (Wildman–Crippen LogP) is 3.81. The average molecular weight is 353 g/mol. The molecule has 2 aromatic heterocycles. The van der Waals surface area contributed by atoms with Crippen molar-refractivity contribution >= 4 is 23.2 Å². The third kappa shape index (κ3) is 2.91. The summed E-state index contributed by atoms with van der Waals surface area (Å²) in [6.07, 6.45) is 0.658. The molecule has 6 heteroatoms. The molecule has 0 amide bonds. The largest absolute Gasteiger partial charge is 0.462 e. The fraction of sp³-hybridized carbons (Fsp3) is 0.316. The van der Waals surface area contributed by atoms with E-state index < -0.39 is 0 Å². The monoisotopic (exact) mass is 353 g/mol. The van der Waals surface area contributed by atoms with Crippen LogP contribution in [0.3, 0.4) is 0 Å². The Labute approximate surface area is 150 Å². The third-order valence-electron chi connectivity index (χ3n) is 4.30. The number of aryl methyl sites for hydroxylation is 2. The number of carbonyl (C=O) groups is 1. The summed E-state index contributed by atoms with van der Waals surface area (Å²) in [4.78, 5) is 16.9. The summed E-state index contributed by atoms with van der Waals surface area (Å²) in [6, 6.07) is 12.1. The second kappa shape index (κ2) is 6.19. The van der Waals surface area contributed by atoms with Gasteiger partial charge in [-0.1, -0.05) is 42.1 Å². The molecule has 4 rings (SSSR count). The number of imidazole rings is 1. The van der Waals surface area contributed by atoms with Crippen molar-refractivity contribution in [3.05, 3.63) is 47.7 Å². The van der Waals surface area contributed by atoms with Gasteiger partial charge in [0.25, 0.3) is 0 Å². The Hall–Kier alpha value is -2.34. The van der Waals surface area contributed by atoms with Crippen LogP contribution in [0, 0.1) is 13.8 Å². The molecule has 128 valence electrons. The van der Waals surface area contributed by atoms with Crippen molar-refractivity contribution in [2.24, 2.45) is 0 Å². The quantitative estimate of drug-likeness (QED) is 0.670. The molecule has 0 bridgehead atoms. The van der Waals surface area contributed by atoms with E-state index in [4.69, 9.17) is 9.72 Å². The summed E-state index contributed by atoms with van der Waals surface area (Å²) in [5.74, 6) is -0.167. The van der Waals surface area contributed by atoms with E-state index in [2.05, 4.69) is 18.1 Å². The van der Waals surface area contributed by atoms with Crippen LogP contribution in [0.15, 0.2) is 41.6 Å². The van der Waals surface area contributed by atoms with Gasteiger partial charge in [-0.25, -0.2) is 9.50 Å². The van der Waals surface area contributed by atoms with Crippen molar-refractivity contribution < 1.29 is 9.53 Å². The summed E-state index contributed by atoms with van der Waals surface area (Å²) >= 11 is 1.44. The number of esters is 1. The molecule has 3 aromatic rings. The molecular weight excluding hydrogens is 334 g/mol. The highest BCUT2D eigenvalue weighted by molar-refractivity contribution is 8.00. The van der Waals surface area contributed by atoms with E-state index in [0.717, 1.165) is 33.2 Å². The number of nitrogens with zero attached hydrogens (tertiary/aromatic N) is 3. The Bertz CT molecular complexity index is 952. The van der Waals surface area contributed by atoms with Gasteiger partial charge in [0.05, 0.1) is 16.9 Å². The van der Waals surface area contributed by atoms with E-state index in [9.17, 15) is 4.79 Å². The van der Waals surface area contributed by atoms with Gasteiger partial charge in [0.1, 0.15) is 11.4 Å². The molecule has 0 spiro atoms. The number of carbonyl (C=O) groups excluding carboxylic acids is 1. The number of benzene rings is 1. The first-order valence-corrected chi connectivity index (χ1v) is 9.20. The molecule has 25 heavy (non-hydrogen) atoms. The van der Waals surface area contributed by atoms with E-state index in [1.54, 1.807) is 0 Å². The SMILES string of the molecule is Cc1cc(C)c2c(-c3ccccc3)nc(S[C@@H]3C[C@H](C)OC3=O)n2n1. The molecule has 0 radical (unpaired) electrons. The highest BCUT2D eigenvalue weighted by Gasteiger charge is 2.34. The molecular formula is C19H19N3O2S. The van der Waals surface area contributed by atoms with E-state index in [-0.39, 0.29) is 17.3 Å². The summed E-state index contributed by atoms with van der Waals surface area (Å²) in [5, 5.41) is 5.15. The minimum absolute atomic E-state index is 0.0405. The lowest BCUT2D eigenvalue weighted by Gasteiger charge is -2.06. The van der Waals surface area contributed by atoms with Crippen LogP contribution in [0.4, 0.5) is 0 Å². The molecule has 0 unspecified atom stereocenters. The van der Waals surface area contributed by atoms with Crippen LogP contribution in [-0.4, -0.2) is 31.9 Å². The topological polar surface area (TPSA) is 56.5 Å². The molecule has 1 aliphatic rings. The average Bonchev–Trinajstić information content (AvgIpc) is 3.09. The lowest BCUT2D eigenvalue weighted by atomic mass is 10.1. The van der Waals surface area contributed by atoms with E-state index >= 15 is 0 Å². The molecule has 2 atom stereocenters. The molecule has 1 fully saturated rings. The maximum Gasteiger partial charge on any atom is 0.319 e. The highest BCUT2D eigenvalue weighted by Crippen LogP contribution is 2.35. The smallest absolute Gasteiger partial charge is 0.319 e. The molecule has 1 saturated heterocycles. The van der Waals surface area contributed by atoms with Gasteiger partial charge in [0.2, 0.25) is 0 Å². The van der Waals surface area contributed by atoms with Gasteiger partial charge in [-0.15, -0.1) is 0 Å². The second-order valence-corrected chi connectivity index (χ2v) is 7.60. The Balaban J connectivity index is 1.86. The number of fused-ring (bicyclic) bond motifs is 1. The van der Waals surface area contributed by atoms with Crippen molar-refractivity contribution in [3.63, 3.8) is 0 Å². The Morgan fingerprint density at radius 2 is 2.00 bits per heavy atom. The van der Waals surface area contributed by atoms with E-state index in [1.807, 2.05) is 48.7 Å². The standard InChI is InChI=1S/C19H19N3O2S/c1-11-9-12(2)21-22-17(11)16(14-7-5-4-6-8-14)20-19(22)25-15-10-13(3)24-18(15)23/h4-9,13,15H,10H2,1-3H3/t13-,15+/m0/s1. The van der Waals surface area contributed by atoms with Gasteiger partial charge < -0.3 is 4.74 Å². The van der Waals surface area contributed by atoms with Crippen molar-refractivity contribution in [1.29, 1.82) is 0 Å². The van der Waals surface area contributed by atoms with Crippen molar-refractivity contribution in [3.8, 4) is 11.3 Å². The fourth-order valence-electron chi connectivity index (χ4n) is 3.22. The summed E-state index contributed by atoms with van der Waals surface area (Å²) in [7, 11) is 0. The van der Waals surface area contributed by atoms with Crippen LogP contribution in [0.2, 0.25) is 0 Å². The first-order chi connectivity index (χ1) is 12.0. The van der Waals surface area contributed by atoms with Crippen molar-refractivity contribution in [2.75, 3.05) is 0 Å². The number of hydrogen-bond acceptors (Lipinski definition) is 5. The molecule has 5 nitrogen and oxygen atoms in total. The number of thioether (sulfide) groups is 1. The van der Waals surface area contributed by atoms with E-state index in [1.165, 1.54) is 11.8 Å². The van der Waals surface area contributed by atoms with Gasteiger partial charge in [-0.2, -0.15) is 5.10 Å². The number of ether oxygens (including phenoxy) is 1. The van der Waals surface area contributed by atoms with Crippen molar-refractivity contribution in [1.82, 2.24) is 14.6 Å². The summed E-state index contributed by atoms with van der Waals surface area (Å²) in [5.41, 5.74) is 4.97. The van der Waals surface area contributed by atoms with Crippen molar-refractivity contribution in [2.45, 2.75) is 43.7 Å². The summed E-state index contributed by atoms with van der Waals surface area (Å²) < 4.78 is 7.15. The fourth-order valence-corrected chi connectivity index (χ4v) is 4.37. The van der Waals surface area contributed by atoms with Gasteiger partial charge in [-0.05, 0) is 32.4 Å². The third-order valence-corrected chi connectivity index (χ3v) is 5.45. The van der Waals surface area contributed by atoms with Crippen LogP contribution in [0.5, 0.6) is 0 Å². The minimum Gasteiger partial charge on any atom is -0.462 e. The van der Waals surface area contributed by atoms with Crippen LogP contribution in [0.1, 0.15) is 24.6 Å². The Kier molecular flexibility index (Phi) is 4.00. The second-order valence-electron chi connectivity index (χ2n) is 6.43. The maximum atomic E-state index is 12.0. The predicted molar refractivity (Wildman–Crippen MR) is 97.7 cm³/mol. The molecule has 0 N–H and O–H groups in total. The van der Waals surface area contributed by atoms with Gasteiger partial charge in [0.15, 0.2) is 5.16 Å². The first kappa shape index (κ1) is 16.1. The van der Waals surface area contributed by atoms with E-state index in [0.29, 0.717) is 6.42 Å². The first-order valence-electron chi connectivity index (χ1n) is 8.32. The van der Waals surface area contributed by atoms with Gasteiger partial charge >= 0.3 is 5.97 Å². The number of cyclic esters (lactones) is 1. The number of aromatic nitrogens is 3. The minimum atomic E-state index is -0.230. The normalized spacial score (nSPS) is 20.2. The molecule has 3 heterocycles. The Morgan fingerprint density at radius 3 is 2.68 bits per heavy atom. The zero-order chi connectivity index (χ0) is 17.6. The zero-order valence-corrected chi connectivity index (χ0v) is 15.2. The zero-order valence-electron chi connectivity index (χ0n) is 14.4. The number of hydrogen-bond donors (Lipinski definition) is 0. The van der Waals surface area contributed by atoms with Gasteiger partial charge in [-0.3, -0.25) is 4.79 Å². The van der Waals surface area contributed by atoms with Gasteiger partial charge in [0, 0.05) is 12.0 Å². The molecule has 0 aliphatic carbocycles. The van der Waals surface area contributed by atoms with Crippen LogP contribution in [-0.2, 0) is 9.53 Å². The lowest BCUT2D eigenvalue weighted by Crippen LogP contribution is -2.10. The maximum absolute atomic E-state index is 12.0. The lowest BCUT2D eigenvalue weighted by molar-refractivity contribution is -0.140. The Morgan fingerprint density at radius 1 is 1.24 bits per heavy atom. The highest BCUT2D eigenvalue weighted by atomic mass is 32.2. The summed E-state index contributed by atoms with van der Waals surface area (Å²) in [6.45, 7) is 5.96. The molecule has 0 saturated carbocycles. The molecule has 1 aliphatic heterocycles.